The molecule has 2 N–H and O–H groups in total. The van der Waals surface area contributed by atoms with Crippen molar-refractivity contribution >= 4 is 5.69 Å². The van der Waals surface area contributed by atoms with Crippen LogP contribution in [0.3, 0.4) is 0 Å². The van der Waals surface area contributed by atoms with E-state index in [-0.39, 0.29) is 11.5 Å². The monoisotopic (exact) mass is 221 g/mol. The molecule has 1 atom stereocenters. The van der Waals surface area contributed by atoms with Crippen LogP contribution in [0.4, 0.5) is 5.69 Å². The molecule has 1 aromatic rings. The number of rotatable bonds is 4. The fourth-order valence-electron chi connectivity index (χ4n) is 1.47. The Balaban J connectivity index is 2.58. The van der Waals surface area contributed by atoms with E-state index in [1.54, 1.807) is 0 Å². The zero-order valence-corrected chi connectivity index (χ0v) is 10.7. The third-order valence-electron chi connectivity index (χ3n) is 2.76. The molecule has 0 saturated heterocycles. The van der Waals surface area contributed by atoms with E-state index in [1.165, 1.54) is 5.56 Å². The van der Waals surface area contributed by atoms with Crippen LogP contribution in [0.1, 0.15) is 39.7 Å². The van der Waals surface area contributed by atoms with Crippen LogP contribution in [0.2, 0.25) is 0 Å². The van der Waals surface area contributed by atoms with E-state index in [0.29, 0.717) is 6.54 Å². The summed E-state index contributed by atoms with van der Waals surface area (Å²) in [7, 11) is 0. The highest BCUT2D eigenvalue weighted by atomic mass is 16.3. The summed E-state index contributed by atoms with van der Waals surface area (Å²) in [4.78, 5) is 0. The van der Waals surface area contributed by atoms with Gasteiger partial charge in [0, 0.05) is 12.2 Å². The van der Waals surface area contributed by atoms with Gasteiger partial charge in [0.25, 0.3) is 0 Å². The molecule has 90 valence electrons. The molecule has 0 aliphatic carbocycles. The Labute approximate surface area is 98.7 Å². The molecular formula is C14H23NO. The lowest BCUT2D eigenvalue weighted by Gasteiger charge is -2.19. The maximum Gasteiger partial charge on any atom is 0.0709 e. The third kappa shape index (κ3) is 3.86. The summed E-state index contributed by atoms with van der Waals surface area (Å²) < 4.78 is 0. The smallest absolute Gasteiger partial charge is 0.0709 e. The maximum absolute atomic E-state index is 9.44. The molecule has 16 heavy (non-hydrogen) atoms. The number of nitrogens with one attached hydrogen (secondary N) is 1. The van der Waals surface area contributed by atoms with Gasteiger partial charge in [0.2, 0.25) is 0 Å². The lowest BCUT2D eigenvalue weighted by atomic mass is 9.87. The Morgan fingerprint density at radius 2 is 1.75 bits per heavy atom. The van der Waals surface area contributed by atoms with Gasteiger partial charge in [-0.1, -0.05) is 39.8 Å². The van der Waals surface area contributed by atoms with E-state index in [1.807, 2.05) is 6.92 Å². The predicted octanol–water partition coefficient (Wildman–Crippen LogP) is 3.17. The highest BCUT2D eigenvalue weighted by Crippen LogP contribution is 2.23. The van der Waals surface area contributed by atoms with Crippen molar-refractivity contribution in [3.8, 4) is 0 Å². The SMILES string of the molecule is CCC(O)CNc1ccc(C(C)(C)C)cc1. The average Bonchev–Trinajstić information content (AvgIpc) is 2.25. The average molecular weight is 221 g/mol. The Morgan fingerprint density at radius 3 is 2.19 bits per heavy atom. The van der Waals surface area contributed by atoms with Crippen LogP contribution in [-0.4, -0.2) is 17.8 Å². The van der Waals surface area contributed by atoms with Crippen LogP contribution in [0.25, 0.3) is 0 Å². The van der Waals surface area contributed by atoms with Gasteiger partial charge in [-0.15, -0.1) is 0 Å². The molecule has 2 heteroatoms. The van der Waals surface area contributed by atoms with Crippen molar-refractivity contribution in [1.29, 1.82) is 0 Å². The lowest BCUT2D eigenvalue weighted by molar-refractivity contribution is 0.183. The van der Waals surface area contributed by atoms with Crippen molar-refractivity contribution in [2.24, 2.45) is 0 Å². The van der Waals surface area contributed by atoms with Gasteiger partial charge in [-0.25, -0.2) is 0 Å². The highest BCUT2D eigenvalue weighted by Gasteiger charge is 2.12. The van der Waals surface area contributed by atoms with Crippen molar-refractivity contribution in [2.75, 3.05) is 11.9 Å². The van der Waals surface area contributed by atoms with Crippen molar-refractivity contribution < 1.29 is 5.11 Å². The van der Waals surface area contributed by atoms with E-state index in [9.17, 15) is 5.11 Å². The van der Waals surface area contributed by atoms with Crippen molar-refractivity contribution in [3.63, 3.8) is 0 Å². The fraction of sp³-hybridized carbons (Fsp3) is 0.571. The van der Waals surface area contributed by atoms with Crippen molar-refractivity contribution in [2.45, 2.75) is 45.6 Å². The van der Waals surface area contributed by atoms with Crippen LogP contribution in [0.5, 0.6) is 0 Å². The third-order valence-corrected chi connectivity index (χ3v) is 2.76. The Kier molecular flexibility index (Phi) is 4.36. The van der Waals surface area contributed by atoms with Gasteiger partial charge in [-0.3, -0.25) is 0 Å². The molecule has 0 fully saturated rings. The van der Waals surface area contributed by atoms with Crippen molar-refractivity contribution in [1.82, 2.24) is 0 Å². The molecule has 0 saturated carbocycles. The Bertz CT molecular complexity index is 311. The molecule has 0 aromatic heterocycles. The van der Waals surface area contributed by atoms with E-state index in [4.69, 9.17) is 0 Å². The highest BCUT2D eigenvalue weighted by molar-refractivity contribution is 5.45. The van der Waals surface area contributed by atoms with Crippen LogP contribution in [0.15, 0.2) is 24.3 Å². The summed E-state index contributed by atoms with van der Waals surface area (Å²) in [6.45, 7) is 9.21. The molecule has 1 unspecified atom stereocenters. The summed E-state index contributed by atoms with van der Waals surface area (Å²) >= 11 is 0. The summed E-state index contributed by atoms with van der Waals surface area (Å²) in [5.74, 6) is 0. The van der Waals surface area contributed by atoms with Gasteiger partial charge in [0.15, 0.2) is 0 Å². The summed E-state index contributed by atoms with van der Waals surface area (Å²) in [5.41, 5.74) is 2.59. The summed E-state index contributed by atoms with van der Waals surface area (Å²) in [6.07, 6.45) is 0.523. The minimum absolute atomic E-state index is 0.196. The van der Waals surface area contributed by atoms with Gasteiger partial charge >= 0.3 is 0 Å². The second kappa shape index (κ2) is 5.35. The molecule has 2 nitrogen and oxygen atoms in total. The van der Waals surface area contributed by atoms with E-state index in [2.05, 4.69) is 50.4 Å². The van der Waals surface area contributed by atoms with Gasteiger partial charge in [0.1, 0.15) is 0 Å². The first-order chi connectivity index (χ1) is 7.43. The van der Waals surface area contributed by atoms with Gasteiger partial charge in [-0.2, -0.15) is 0 Å². The van der Waals surface area contributed by atoms with E-state index in [0.717, 1.165) is 12.1 Å². The molecular weight excluding hydrogens is 198 g/mol. The molecule has 0 bridgehead atoms. The first-order valence-corrected chi connectivity index (χ1v) is 5.96. The number of aliphatic hydroxyl groups excluding tert-OH is 1. The molecule has 0 radical (unpaired) electrons. The summed E-state index contributed by atoms with van der Waals surface area (Å²) in [6, 6.07) is 8.42. The molecule has 0 aliphatic rings. The molecule has 1 rings (SSSR count). The van der Waals surface area contributed by atoms with E-state index >= 15 is 0 Å². The standard InChI is InChI=1S/C14H23NO/c1-5-13(16)10-15-12-8-6-11(7-9-12)14(2,3)4/h6-9,13,15-16H,5,10H2,1-4H3. The van der Waals surface area contributed by atoms with Gasteiger partial charge in [0.05, 0.1) is 6.10 Å². The second-order valence-corrected chi connectivity index (χ2v) is 5.27. The second-order valence-electron chi connectivity index (χ2n) is 5.27. The fourth-order valence-corrected chi connectivity index (χ4v) is 1.47. The zero-order valence-electron chi connectivity index (χ0n) is 10.7. The minimum atomic E-state index is -0.262. The van der Waals surface area contributed by atoms with Gasteiger partial charge in [-0.05, 0) is 29.5 Å². The maximum atomic E-state index is 9.44. The lowest BCUT2D eigenvalue weighted by Crippen LogP contribution is -2.18. The number of hydrogen-bond donors (Lipinski definition) is 2. The molecule has 0 spiro atoms. The normalized spacial score (nSPS) is 13.6. The van der Waals surface area contributed by atoms with Gasteiger partial charge < -0.3 is 10.4 Å². The first-order valence-electron chi connectivity index (χ1n) is 5.96. The number of hydrogen-bond acceptors (Lipinski definition) is 2. The summed E-state index contributed by atoms with van der Waals surface area (Å²) in [5, 5.41) is 12.7. The Hall–Kier alpha value is -1.02. The predicted molar refractivity (Wildman–Crippen MR) is 69.9 cm³/mol. The van der Waals surface area contributed by atoms with E-state index < -0.39 is 0 Å². The number of anilines is 1. The van der Waals surface area contributed by atoms with Crippen LogP contribution >= 0.6 is 0 Å². The molecule has 0 heterocycles. The number of benzene rings is 1. The van der Waals surface area contributed by atoms with Crippen LogP contribution < -0.4 is 5.32 Å². The molecule has 0 amide bonds. The molecule has 1 aromatic carbocycles. The van der Waals surface area contributed by atoms with Crippen LogP contribution in [-0.2, 0) is 5.41 Å². The van der Waals surface area contributed by atoms with Crippen molar-refractivity contribution in [3.05, 3.63) is 29.8 Å². The first kappa shape index (κ1) is 13.0. The topological polar surface area (TPSA) is 32.3 Å². The quantitative estimate of drug-likeness (QED) is 0.818. The number of aliphatic hydroxyl groups is 1. The largest absolute Gasteiger partial charge is 0.391 e. The molecule has 0 aliphatic heterocycles. The zero-order chi connectivity index (χ0) is 12.2. The Morgan fingerprint density at radius 1 is 1.19 bits per heavy atom. The van der Waals surface area contributed by atoms with Crippen LogP contribution in [0, 0.1) is 0 Å². The minimum Gasteiger partial charge on any atom is -0.391 e.